The minimum atomic E-state index is -0.202. The van der Waals surface area contributed by atoms with Crippen LogP contribution in [-0.2, 0) is 4.79 Å². The molecule has 0 unspecified atom stereocenters. The number of carbonyl (C=O) groups is 2. The van der Waals surface area contributed by atoms with Crippen LogP contribution in [0, 0.1) is 0 Å². The van der Waals surface area contributed by atoms with Gasteiger partial charge in [-0.05, 0) is 66.1 Å². The molecule has 2 aromatic carbocycles. The van der Waals surface area contributed by atoms with Crippen molar-refractivity contribution in [2.75, 3.05) is 24.2 Å². The van der Waals surface area contributed by atoms with Crippen LogP contribution < -0.4 is 5.32 Å². The van der Waals surface area contributed by atoms with E-state index in [0.717, 1.165) is 5.69 Å². The fraction of sp³-hybridized carbons (Fsp3) is 0.348. The maximum absolute atomic E-state index is 12.5. The van der Waals surface area contributed by atoms with E-state index in [1.807, 2.05) is 26.0 Å². The second-order valence-corrected chi connectivity index (χ2v) is 8.46. The molecule has 1 heterocycles. The lowest BCUT2D eigenvalue weighted by atomic mass is 10.0. The van der Waals surface area contributed by atoms with Crippen LogP contribution in [0.5, 0.6) is 0 Å². The molecule has 0 aliphatic carbocycles. The Hall–Kier alpha value is -3.20. The Morgan fingerprint density at radius 2 is 1.81 bits per heavy atom. The van der Waals surface area contributed by atoms with Gasteiger partial charge in [-0.2, -0.15) is 4.68 Å². The lowest BCUT2D eigenvalue weighted by Crippen LogP contribution is -2.30. The molecule has 0 saturated heterocycles. The average molecular weight is 453 g/mol. The van der Waals surface area contributed by atoms with E-state index >= 15 is 0 Å². The summed E-state index contributed by atoms with van der Waals surface area (Å²) in [6.45, 7) is 9.43. The molecule has 0 atom stereocenters. The number of carbonyl (C=O) groups excluding carboxylic acids is 2. The predicted molar refractivity (Wildman–Crippen MR) is 126 cm³/mol. The molecule has 8 nitrogen and oxygen atoms in total. The number of rotatable bonds is 9. The molecule has 32 heavy (non-hydrogen) atoms. The molecule has 9 heteroatoms. The van der Waals surface area contributed by atoms with Gasteiger partial charge < -0.3 is 10.2 Å². The minimum Gasteiger partial charge on any atom is -0.339 e. The monoisotopic (exact) mass is 452 g/mol. The van der Waals surface area contributed by atoms with Gasteiger partial charge in [0.25, 0.3) is 5.91 Å². The van der Waals surface area contributed by atoms with Gasteiger partial charge in [-0.25, -0.2) is 0 Å². The number of nitrogens with zero attached hydrogens (tertiary/aromatic N) is 5. The van der Waals surface area contributed by atoms with Crippen molar-refractivity contribution in [3.05, 3.63) is 59.7 Å². The molecule has 3 rings (SSSR count). The number of benzene rings is 2. The number of hydrogen-bond donors (Lipinski definition) is 1. The Morgan fingerprint density at radius 3 is 2.47 bits per heavy atom. The molecule has 0 saturated carbocycles. The number of nitrogens with one attached hydrogen (secondary N) is 1. The molecule has 3 aromatic rings. The van der Waals surface area contributed by atoms with Gasteiger partial charge in [0.2, 0.25) is 11.1 Å². The summed E-state index contributed by atoms with van der Waals surface area (Å²) < 4.78 is 1.62. The Balaban J connectivity index is 1.62. The van der Waals surface area contributed by atoms with Crippen LogP contribution in [-0.4, -0.2) is 55.8 Å². The quantitative estimate of drug-likeness (QED) is 0.493. The smallest absolute Gasteiger partial charge is 0.253 e. The van der Waals surface area contributed by atoms with Crippen LogP contribution in [0.15, 0.2) is 53.7 Å². The molecule has 0 fully saturated rings. The summed E-state index contributed by atoms with van der Waals surface area (Å²) in [6.07, 6.45) is 0. The third-order valence-corrected chi connectivity index (χ3v) is 5.94. The summed E-state index contributed by atoms with van der Waals surface area (Å²) in [5.41, 5.74) is 3.20. The Labute approximate surface area is 192 Å². The van der Waals surface area contributed by atoms with Crippen molar-refractivity contribution in [3.63, 3.8) is 0 Å². The van der Waals surface area contributed by atoms with E-state index in [2.05, 4.69) is 46.8 Å². The maximum Gasteiger partial charge on any atom is 0.253 e. The van der Waals surface area contributed by atoms with Crippen molar-refractivity contribution in [1.29, 1.82) is 0 Å². The standard InChI is InChI=1S/C23H28N6O2S/c1-5-28(6-2)22(31)18-8-7-9-19(14-18)24-21(30)15-32-23-25-26-27-29(23)20-12-10-17(11-13-20)16(3)4/h7-14,16H,5-6,15H2,1-4H3,(H,24,30). The van der Waals surface area contributed by atoms with Crippen LogP contribution in [0.4, 0.5) is 5.69 Å². The number of tetrazole rings is 1. The Morgan fingerprint density at radius 1 is 1.09 bits per heavy atom. The van der Waals surface area contributed by atoms with E-state index in [-0.39, 0.29) is 17.6 Å². The van der Waals surface area contributed by atoms with E-state index in [0.29, 0.717) is 35.4 Å². The summed E-state index contributed by atoms with van der Waals surface area (Å²) in [5.74, 6) is 0.324. The molecule has 0 aliphatic rings. The normalized spacial score (nSPS) is 10.9. The summed E-state index contributed by atoms with van der Waals surface area (Å²) in [5, 5.41) is 15.2. The first-order valence-electron chi connectivity index (χ1n) is 10.6. The highest BCUT2D eigenvalue weighted by Crippen LogP contribution is 2.21. The van der Waals surface area contributed by atoms with E-state index in [9.17, 15) is 9.59 Å². The number of amides is 2. The van der Waals surface area contributed by atoms with Crippen molar-refractivity contribution in [2.45, 2.75) is 38.8 Å². The SMILES string of the molecule is CCN(CC)C(=O)c1cccc(NC(=O)CSc2nnnn2-c2ccc(C(C)C)cc2)c1. The molecule has 0 aliphatic heterocycles. The Kier molecular flexibility index (Phi) is 7.99. The summed E-state index contributed by atoms with van der Waals surface area (Å²) >= 11 is 1.25. The van der Waals surface area contributed by atoms with Crippen molar-refractivity contribution < 1.29 is 9.59 Å². The van der Waals surface area contributed by atoms with Gasteiger partial charge in [-0.15, -0.1) is 5.10 Å². The average Bonchev–Trinajstić information content (AvgIpc) is 3.27. The van der Waals surface area contributed by atoms with Crippen LogP contribution in [0.1, 0.15) is 49.5 Å². The highest BCUT2D eigenvalue weighted by atomic mass is 32.2. The molecule has 0 radical (unpaired) electrons. The maximum atomic E-state index is 12.5. The van der Waals surface area contributed by atoms with Gasteiger partial charge in [0.1, 0.15) is 0 Å². The number of aromatic nitrogens is 4. The van der Waals surface area contributed by atoms with Crippen LogP contribution >= 0.6 is 11.8 Å². The van der Waals surface area contributed by atoms with Gasteiger partial charge in [0.15, 0.2) is 0 Å². The second kappa shape index (κ2) is 10.9. The molecule has 2 amide bonds. The lowest BCUT2D eigenvalue weighted by molar-refractivity contribution is -0.113. The fourth-order valence-corrected chi connectivity index (χ4v) is 3.87. The molecular formula is C23H28N6O2S. The van der Waals surface area contributed by atoms with Crippen molar-refractivity contribution in [1.82, 2.24) is 25.1 Å². The van der Waals surface area contributed by atoms with Gasteiger partial charge in [-0.3, -0.25) is 9.59 Å². The molecule has 0 spiro atoms. The third-order valence-electron chi connectivity index (χ3n) is 5.02. The third kappa shape index (κ3) is 5.73. The number of anilines is 1. The van der Waals surface area contributed by atoms with Crippen LogP contribution in [0.25, 0.3) is 5.69 Å². The van der Waals surface area contributed by atoms with E-state index in [4.69, 9.17) is 0 Å². The minimum absolute atomic E-state index is 0.0527. The number of hydrogen-bond acceptors (Lipinski definition) is 6. The van der Waals surface area contributed by atoms with Crippen molar-refractivity contribution in [3.8, 4) is 5.69 Å². The van der Waals surface area contributed by atoms with E-state index < -0.39 is 0 Å². The molecular weight excluding hydrogens is 424 g/mol. The topological polar surface area (TPSA) is 93.0 Å². The number of thioether (sulfide) groups is 1. The Bertz CT molecular complexity index is 1060. The van der Waals surface area contributed by atoms with Gasteiger partial charge >= 0.3 is 0 Å². The molecule has 168 valence electrons. The van der Waals surface area contributed by atoms with E-state index in [1.165, 1.54) is 17.3 Å². The fourth-order valence-electron chi connectivity index (χ4n) is 3.18. The first-order valence-corrected chi connectivity index (χ1v) is 11.6. The van der Waals surface area contributed by atoms with E-state index in [1.54, 1.807) is 33.8 Å². The zero-order valence-electron chi connectivity index (χ0n) is 18.8. The molecule has 1 aromatic heterocycles. The van der Waals surface area contributed by atoms with Gasteiger partial charge in [0.05, 0.1) is 11.4 Å². The van der Waals surface area contributed by atoms with Crippen LogP contribution in [0.3, 0.4) is 0 Å². The van der Waals surface area contributed by atoms with Gasteiger partial charge in [-0.1, -0.05) is 43.8 Å². The second-order valence-electron chi connectivity index (χ2n) is 7.51. The van der Waals surface area contributed by atoms with Crippen LogP contribution in [0.2, 0.25) is 0 Å². The van der Waals surface area contributed by atoms with Crippen molar-refractivity contribution in [2.24, 2.45) is 0 Å². The summed E-state index contributed by atoms with van der Waals surface area (Å²) in [4.78, 5) is 26.8. The highest BCUT2D eigenvalue weighted by Gasteiger charge is 2.15. The highest BCUT2D eigenvalue weighted by molar-refractivity contribution is 7.99. The molecule has 0 bridgehead atoms. The molecule has 1 N–H and O–H groups in total. The predicted octanol–water partition coefficient (Wildman–Crippen LogP) is 4.00. The summed E-state index contributed by atoms with van der Waals surface area (Å²) in [6, 6.07) is 15.0. The first kappa shape index (κ1) is 23.5. The summed E-state index contributed by atoms with van der Waals surface area (Å²) in [7, 11) is 0. The van der Waals surface area contributed by atoms with Gasteiger partial charge in [0, 0.05) is 24.3 Å². The first-order chi connectivity index (χ1) is 15.4. The zero-order chi connectivity index (χ0) is 23.1. The largest absolute Gasteiger partial charge is 0.339 e. The zero-order valence-corrected chi connectivity index (χ0v) is 19.6. The van der Waals surface area contributed by atoms with Crippen molar-refractivity contribution >= 4 is 29.3 Å². The lowest BCUT2D eigenvalue weighted by Gasteiger charge is -2.19.